The summed E-state index contributed by atoms with van der Waals surface area (Å²) in [4.78, 5) is 24.5. The van der Waals surface area contributed by atoms with Gasteiger partial charge in [-0.2, -0.15) is 0 Å². The first kappa shape index (κ1) is 20.3. The van der Waals surface area contributed by atoms with Gasteiger partial charge in [-0.3, -0.25) is 9.59 Å². The Morgan fingerprint density at radius 2 is 1.66 bits per heavy atom. The van der Waals surface area contributed by atoms with Gasteiger partial charge in [0.15, 0.2) is 17.3 Å². The molecule has 7 nitrogen and oxygen atoms in total. The zero-order valence-corrected chi connectivity index (χ0v) is 15.6. The minimum absolute atomic E-state index is 0.0359. The molecule has 0 atom stereocenters. The zero-order chi connectivity index (χ0) is 21.1. The van der Waals surface area contributed by atoms with Crippen LogP contribution in [0.5, 0.6) is 0 Å². The summed E-state index contributed by atoms with van der Waals surface area (Å²) in [5, 5.41) is 12.2. The summed E-state index contributed by atoms with van der Waals surface area (Å²) < 4.78 is 40.6. The number of halogens is 4. The number of carbonyl (C=O) groups excluding carboxylic acids is 2. The highest BCUT2D eigenvalue weighted by Crippen LogP contribution is 2.19. The van der Waals surface area contributed by atoms with E-state index in [-0.39, 0.29) is 34.3 Å². The number of hydrogen-bond donors (Lipinski definition) is 2. The molecule has 1 aromatic heterocycles. The van der Waals surface area contributed by atoms with Gasteiger partial charge in [0, 0.05) is 17.4 Å². The maximum Gasteiger partial charge on any atom is 0.278 e. The Hall–Kier alpha value is -3.40. The molecule has 1 heterocycles. The fourth-order valence-corrected chi connectivity index (χ4v) is 2.58. The van der Waals surface area contributed by atoms with Crippen LogP contribution in [0.25, 0.3) is 0 Å². The van der Waals surface area contributed by atoms with E-state index in [4.69, 9.17) is 11.6 Å². The summed E-state index contributed by atoms with van der Waals surface area (Å²) in [6.07, 6.45) is 0. The quantitative estimate of drug-likeness (QED) is 0.657. The van der Waals surface area contributed by atoms with E-state index in [1.807, 2.05) is 0 Å². The molecule has 0 fully saturated rings. The molecular formula is C18H13ClF3N5O2. The van der Waals surface area contributed by atoms with E-state index in [0.29, 0.717) is 0 Å². The Kier molecular flexibility index (Phi) is 5.83. The molecule has 2 aromatic carbocycles. The average Bonchev–Trinajstić information content (AvgIpc) is 3.02. The van der Waals surface area contributed by atoms with Crippen LogP contribution in [0.4, 0.5) is 24.5 Å². The number of rotatable bonds is 5. The van der Waals surface area contributed by atoms with Crippen molar-refractivity contribution in [1.29, 1.82) is 0 Å². The molecule has 0 aliphatic rings. The largest absolute Gasteiger partial charge is 0.324 e. The van der Waals surface area contributed by atoms with Crippen molar-refractivity contribution in [3.8, 4) is 0 Å². The molecule has 0 radical (unpaired) electrons. The highest BCUT2D eigenvalue weighted by molar-refractivity contribution is 6.31. The predicted octanol–water partition coefficient (Wildman–Crippen LogP) is 3.55. The van der Waals surface area contributed by atoms with Gasteiger partial charge in [0.2, 0.25) is 5.91 Å². The van der Waals surface area contributed by atoms with E-state index < -0.39 is 29.3 Å². The van der Waals surface area contributed by atoms with Gasteiger partial charge in [0.05, 0.1) is 10.7 Å². The van der Waals surface area contributed by atoms with E-state index in [2.05, 4.69) is 20.9 Å². The summed E-state index contributed by atoms with van der Waals surface area (Å²) in [5.74, 6) is -3.98. The molecule has 2 amide bonds. The molecule has 29 heavy (non-hydrogen) atoms. The van der Waals surface area contributed by atoms with Crippen molar-refractivity contribution in [3.63, 3.8) is 0 Å². The monoisotopic (exact) mass is 423 g/mol. The van der Waals surface area contributed by atoms with Crippen molar-refractivity contribution in [3.05, 3.63) is 70.3 Å². The van der Waals surface area contributed by atoms with Gasteiger partial charge < -0.3 is 10.6 Å². The standard InChI is InChI=1S/C18H13ClF3N5O2/c1-9-17(18(29)24-11-3-5-14(21)15(22)7-11)25-26-27(9)8-16(28)23-10-2-4-13(20)12(19)6-10/h2-7H,8H2,1H3,(H,23,28)(H,24,29). The third kappa shape index (κ3) is 4.72. The van der Waals surface area contributed by atoms with Crippen molar-refractivity contribution in [2.75, 3.05) is 10.6 Å². The lowest BCUT2D eigenvalue weighted by atomic mass is 10.2. The maximum absolute atomic E-state index is 13.3. The van der Waals surface area contributed by atoms with Crippen LogP contribution in [-0.2, 0) is 11.3 Å². The second-order valence-electron chi connectivity index (χ2n) is 5.94. The van der Waals surface area contributed by atoms with E-state index in [9.17, 15) is 22.8 Å². The number of carbonyl (C=O) groups is 2. The number of anilines is 2. The third-order valence-corrected chi connectivity index (χ3v) is 4.16. The molecule has 0 bridgehead atoms. The summed E-state index contributed by atoms with van der Waals surface area (Å²) in [7, 11) is 0. The maximum atomic E-state index is 13.3. The third-order valence-electron chi connectivity index (χ3n) is 3.87. The molecule has 0 spiro atoms. The van der Waals surface area contributed by atoms with Crippen LogP contribution >= 0.6 is 11.6 Å². The first-order chi connectivity index (χ1) is 13.7. The molecule has 11 heteroatoms. The van der Waals surface area contributed by atoms with E-state index in [1.165, 1.54) is 29.8 Å². The number of nitrogens with one attached hydrogen (secondary N) is 2. The molecule has 3 aromatic rings. The number of nitrogens with zero attached hydrogens (tertiary/aromatic N) is 3. The number of aromatic nitrogens is 3. The van der Waals surface area contributed by atoms with Crippen LogP contribution in [-0.4, -0.2) is 26.8 Å². The van der Waals surface area contributed by atoms with Crippen LogP contribution in [0.1, 0.15) is 16.2 Å². The van der Waals surface area contributed by atoms with Crippen LogP contribution in [0.2, 0.25) is 5.02 Å². The Bertz CT molecular complexity index is 1100. The smallest absolute Gasteiger partial charge is 0.278 e. The van der Waals surface area contributed by atoms with Gasteiger partial charge in [-0.25, -0.2) is 17.9 Å². The van der Waals surface area contributed by atoms with E-state index >= 15 is 0 Å². The van der Waals surface area contributed by atoms with Crippen molar-refractivity contribution in [1.82, 2.24) is 15.0 Å². The minimum atomic E-state index is -1.11. The second-order valence-corrected chi connectivity index (χ2v) is 6.35. The normalized spacial score (nSPS) is 10.7. The Balaban J connectivity index is 1.67. The first-order valence-corrected chi connectivity index (χ1v) is 8.54. The van der Waals surface area contributed by atoms with Crippen LogP contribution in [0, 0.1) is 24.4 Å². The lowest BCUT2D eigenvalue weighted by Gasteiger charge is -2.07. The highest BCUT2D eigenvalue weighted by atomic mass is 35.5. The molecule has 0 aliphatic carbocycles. The highest BCUT2D eigenvalue weighted by Gasteiger charge is 2.19. The van der Waals surface area contributed by atoms with E-state index in [1.54, 1.807) is 0 Å². The summed E-state index contributed by atoms with van der Waals surface area (Å²) in [6, 6.07) is 6.60. The second kappa shape index (κ2) is 8.31. The van der Waals surface area contributed by atoms with Crippen molar-refractivity contribution in [2.45, 2.75) is 13.5 Å². The molecule has 0 unspecified atom stereocenters. The molecular weight excluding hydrogens is 411 g/mol. The predicted molar refractivity (Wildman–Crippen MR) is 99.1 cm³/mol. The zero-order valence-electron chi connectivity index (χ0n) is 14.8. The van der Waals surface area contributed by atoms with Gasteiger partial charge in [0.1, 0.15) is 12.4 Å². The number of amides is 2. The Morgan fingerprint density at radius 3 is 2.31 bits per heavy atom. The lowest BCUT2D eigenvalue weighted by Crippen LogP contribution is -2.21. The van der Waals surface area contributed by atoms with E-state index in [0.717, 1.165) is 18.2 Å². The summed E-state index contributed by atoms with van der Waals surface area (Å²) >= 11 is 5.66. The molecule has 0 saturated heterocycles. The van der Waals surface area contributed by atoms with Gasteiger partial charge >= 0.3 is 0 Å². The SMILES string of the molecule is Cc1c(C(=O)Nc2ccc(F)c(F)c2)nnn1CC(=O)Nc1ccc(F)c(Cl)c1. The van der Waals surface area contributed by atoms with Crippen molar-refractivity contribution >= 4 is 34.8 Å². The average molecular weight is 424 g/mol. The minimum Gasteiger partial charge on any atom is -0.324 e. The summed E-state index contributed by atoms with van der Waals surface area (Å²) in [5.41, 5.74) is 0.508. The molecule has 3 rings (SSSR count). The van der Waals surface area contributed by atoms with Crippen LogP contribution in [0.15, 0.2) is 36.4 Å². The fraction of sp³-hybridized carbons (Fsp3) is 0.111. The van der Waals surface area contributed by atoms with Gasteiger partial charge in [-0.15, -0.1) is 5.10 Å². The first-order valence-electron chi connectivity index (χ1n) is 8.16. The van der Waals surface area contributed by atoms with Crippen molar-refractivity contribution < 1.29 is 22.8 Å². The Labute approximate surface area is 167 Å². The Morgan fingerprint density at radius 1 is 1.00 bits per heavy atom. The van der Waals surface area contributed by atoms with Crippen molar-refractivity contribution in [2.24, 2.45) is 0 Å². The topological polar surface area (TPSA) is 88.9 Å². The number of hydrogen-bond acceptors (Lipinski definition) is 4. The fourth-order valence-electron chi connectivity index (χ4n) is 2.39. The molecule has 2 N–H and O–H groups in total. The van der Waals surface area contributed by atoms with Gasteiger partial charge in [0.25, 0.3) is 5.91 Å². The summed E-state index contributed by atoms with van der Waals surface area (Å²) in [6.45, 7) is 1.24. The molecule has 0 aliphatic heterocycles. The molecule has 0 saturated carbocycles. The van der Waals surface area contributed by atoms with Crippen LogP contribution in [0.3, 0.4) is 0 Å². The van der Waals surface area contributed by atoms with Gasteiger partial charge in [-0.1, -0.05) is 16.8 Å². The van der Waals surface area contributed by atoms with Gasteiger partial charge in [-0.05, 0) is 37.3 Å². The lowest BCUT2D eigenvalue weighted by molar-refractivity contribution is -0.117. The molecule has 150 valence electrons. The number of benzene rings is 2. The van der Waals surface area contributed by atoms with Crippen LogP contribution < -0.4 is 10.6 Å².